The van der Waals surface area contributed by atoms with Crippen molar-refractivity contribution in [3.63, 3.8) is 0 Å². The number of hydrogen-bond donors (Lipinski definition) is 0. The van der Waals surface area contributed by atoms with Gasteiger partial charge in [-0.2, -0.15) is 4.31 Å². The predicted octanol–water partition coefficient (Wildman–Crippen LogP) is 1.25. The number of aromatic nitrogens is 2. The van der Waals surface area contributed by atoms with Gasteiger partial charge >= 0.3 is 0 Å². The third-order valence-electron chi connectivity index (χ3n) is 4.23. The first-order valence-corrected chi connectivity index (χ1v) is 9.25. The second-order valence-electron chi connectivity index (χ2n) is 5.80. The second-order valence-corrected chi connectivity index (χ2v) is 7.74. The average molecular weight is 347 g/mol. The molecule has 126 valence electrons. The molecule has 8 heteroatoms. The van der Waals surface area contributed by atoms with Gasteiger partial charge in [-0.25, -0.2) is 13.4 Å². The van der Waals surface area contributed by atoms with Crippen molar-refractivity contribution in [1.82, 2.24) is 14.3 Å². The highest BCUT2D eigenvalue weighted by Gasteiger charge is 2.34. The molecule has 1 saturated heterocycles. The van der Waals surface area contributed by atoms with Crippen LogP contribution in [0.5, 0.6) is 11.6 Å². The largest absolute Gasteiger partial charge is 0.493 e. The summed E-state index contributed by atoms with van der Waals surface area (Å²) in [6.45, 7) is 1.35. The zero-order valence-corrected chi connectivity index (χ0v) is 13.8. The first-order valence-electron chi connectivity index (χ1n) is 7.81. The van der Waals surface area contributed by atoms with Crippen LogP contribution < -0.4 is 9.47 Å². The number of sulfonamides is 1. The van der Waals surface area contributed by atoms with E-state index in [0.29, 0.717) is 36.9 Å². The van der Waals surface area contributed by atoms with Gasteiger partial charge in [-0.15, -0.1) is 0 Å². The van der Waals surface area contributed by atoms with Gasteiger partial charge in [0.2, 0.25) is 15.9 Å². The lowest BCUT2D eigenvalue weighted by atomic mass is 10.2. The van der Waals surface area contributed by atoms with Crippen LogP contribution in [-0.2, 0) is 16.4 Å². The van der Waals surface area contributed by atoms with E-state index in [1.165, 1.54) is 10.5 Å². The van der Waals surface area contributed by atoms with Crippen LogP contribution in [0.2, 0.25) is 0 Å². The van der Waals surface area contributed by atoms with E-state index in [-0.39, 0.29) is 6.10 Å². The Bertz CT molecular complexity index is 842. The topological polar surface area (TPSA) is 81.6 Å². The van der Waals surface area contributed by atoms with E-state index < -0.39 is 10.0 Å². The third-order valence-corrected chi connectivity index (χ3v) is 6.09. The van der Waals surface area contributed by atoms with Crippen molar-refractivity contribution in [2.24, 2.45) is 0 Å². The van der Waals surface area contributed by atoms with Crippen molar-refractivity contribution in [2.75, 3.05) is 19.7 Å². The number of ether oxygens (including phenoxy) is 2. The van der Waals surface area contributed by atoms with Crippen LogP contribution in [0.25, 0.3) is 0 Å². The fraction of sp³-hybridized carbons (Fsp3) is 0.375. The Kier molecular flexibility index (Phi) is 3.85. The minimum atomic E-state index is -3.52. The third kappa shape index (κ3) is 2.83. The first-order chi connectivity index (χ1) is 11.6. The van der Waals surface area contributed by atoms with Gasteiger partial charge in [0.15, 0.2) is 0 Å². The van der Waals surface area contributed by atoms with Gasteiger partial charge in [-0.1, -0.05) is 0 Å². The quantitative estimate of drug-likeness (QED) is 0.828. The summed E-state index contributed by atoms with van der Waals surface area (Å²) in [6.07, 6.45) is 5.80. The molecule has 0 aliphatic carbocycles. The maximum atomic E-state index is 12.8. The Morgan fingerprint density at radius 1 is 1.29 bits per heavy atom. The van der Waals surface area contributed by atoms with Gasteiger partial charge < -0.3 is 9.47 Å². The van der Waals surface area contributed by atoms with Crippen molar-refractivity contribution >= 4 is 10.0 Å². The molecule has 0 saturated carbocycles. The van der Waals surface area contributed by atoms with Crippen molar-refractivity contribution in [3.05, 3.63) is 42.4 Å². The highest BCUT2D eigenvalue weighted by Crippen LogP contribution is 2.30. The van der Waals surface area contributed by atoms with E-state index >= 15 is 0 Å². The molecule has 7 nitrogen and oxygen atoms in total. The Morgan fingerprint density at radius 3 is 3.04 bits per heavy atom. The Hall–Kier alpha value is -2.19. The molecule has 0 radical (unpaired) electrons. The zero-order chi connectivity index (χ0) is 16.6. The summed E-state index contributed by atoms with van der Waals surface area (Å²) in [7, 11) is -3.52. The van der Waals surface area contributed by atoms with Crippen LogP contribution in [0.4, 0.5) is 0 Å². The predicted molar refractivity (Wildman–Crippen MR) is 85.5 cm³/mol. The maximum absolute atomic E-state index is 12.8. The summed E-state index contributed by atoms with van der Waals surface area (Å²) in [5.74, 6) is 1.19. The highest BCUT2D eigenvalue weighted by atomic mass is 32.2. The van der Waals surface area contributed by atoms with Crippen molar-refractivity contribution < 1.29 is 17.9 Å². The van der Waals surface area contributed by atoms with Crippen LogP contribution in [0, 0.1) is 0 Å². The summed E-state index contributed by atoms with van der Waals surface area (Å²) in [6, 6.07) is 5.06. The van der Waals surface area contributed by atoms with Gasteiger partial charge in [0.05, 0.1) is 24.2 Å². The molecule has 1 aromatic carbocycles. The van der Waals surface area contributed by atoms with Crippen LogP contribution in [0.1, 0.15) is 12.0 Å². The Labute approximate surface area is 140 Å². The maximum Gasteiger partial charge on any atom is 0.243 e. The van der Waals surface area contributed by atoms with Gasteiger partial charge in [-0.3, -0.25) is 4.98 Å². The molecule has 2 aromatic rings. The molecular weight excluding hydrogens is 330 g/mol. The van der Waals surface area contributed by atoms with Crippen molar-refractivity contribution in [3.8, 4) is 11.6 Å². The molecule has 24 heavy (non-hydrogen) atoms. The normalized spacial score (nSPS) is 20.6. The molecule has 0 amide bonds. The van der Waals surface area contributed by atoms with Gasteiger partial charge in [0.1, 0.15) is 11.9 Å². The smallest absolute Gasteiger partial charge is 0.243 e. The molecule has 2 aliphatic heterocycles. The fourth-order valence-corrected chi connectivity index (χ4v) is 4.54. The SMILES string of the molecule is O=S(=O)(c1ccc2c(c1)CCO2)N1CC[C@H](Oc2cnccn2)C1. The minimum absolute atomic E-state index is 0.214. The number of rotatable bonds is 4. The zero-order valence-electron chi connectivity index (χ0n) is 13.0. The number of hydrogen-bond acceptors (Lipinski definition) is 6. The molecule has 0 unspecified atom stereocenters. The summed E-state index contributed by atoms with van der Waals surface area (Å²) in [4.78, 5) is 8.32. The second kappa shape index (κ2) is 6.03. The number of nitrogens with zero attached hydrogens (tertiary/aromatic N) is 3. The summed E-state index contributed by atoms with van der Waals surface area (Å²) < 4.78 is 38.3. The lowest BCUT2D eigenvalue weighted by Gasteiger charge is -2.17. The number of fused-ring (bicyclic) bond motifs is 1. The van der Waals surface area contributed by atoms with Crippen molar-refractivity contribution in [1.29, 1.82) is 0 Å². The summed E-state index contributed by atoms with van der Waals surface area (Å²) in [5, 5.41) is 0. The van der Waals surface area contributed by atoms with E-state index in [1.54, 1.807) is 30.6 Å². The molecule has 2 aliphatic rings. The molecule has 1 fully saturated rings. The van der Waals surface area contributed by atoms with Gasteiger partial charge in [-0.05, 0) is 30.2 Å². The van der Waals surface area contributed by atoms with Crippen LogP contribution >= 0.6 is 0 Å². The molecule has 3 heterocycles. The van der Waals surface area contributed by atoms with Crippen molar-refractivity contribution in [2.45, 2.75) is 23.8 Å². The summed E-state index contributed by atoms with van der Waals surface area (Å²) in [5.41, 5.74) is 0.947. The fourth-order valence-electron chi connectivity index (χ4n) is 3.00. The van der Waals surface area contributed by atoms with E-state index in [4.69, 9.17) is 9.47 Å². The molecular formula is C16H17N3O4S. The van der Waals surface area contributed by atoms with E-state index in [0.717, 1.165) is 17.7 Å². The lowest BCUT2D eigenvalue weighted by molar-refractivity contribution is 0.206. The first kappa shape index (κ1) is 15.3. The molecule has 0 bridgehead atoms. The van der Waals surface area contributed by atoms with E-state index in [9.17, 15) is 8.42 Å². The lowest BCUT2D eigenvalue weighted by Crippen LogP contribution is -2.31. The van der Waals surface area contributed by atoms with Gasteiger partial charge in [0, 0.05) is 25.4 Å². The van der Waals surface area contributed by atoms with E-state index in [1.807, 2.05) is 0 Å². The van der Waals surface area contributed by atoms with Gasteiger partial charge in [0.25, 0.3) is 0 Å². The van der Waals surface area contributed by atoms with Crippen LogP contribution in [-0.4, -0.2) is 48.5 Å². The molecule has 0 spiro atoms. The molecule has 1 atom stereocenters. The standard InChI is InChI=1S/C16H17N3O4S/c20-24(21,14-1-2-15-12(9-14)4-8-22-15)19-7-3-13(11-19)23-16-10-17-5-6-18-16/h1-2,5-6,9-10,13H,3-4,7-8,11H2/t13-/m0/s1. The highest BCUT2D eigenvalue weighted by molar-refractivity contribution is 7.89. The van der Waals surface area contributed by atoms with Crippen LogP contribution in [0.15, 0.2) is 41.7 Å². The molecule has 0 N–H and O–H groups in total. The average Bonchev–Trinajstić information content (AvgIpc) is 3.24. The molecule has 4 rings (SSSR count). The Morgan fingerprint density at radius 2 is 2.21 bits per heavy atom. The minimum Gasteiger partial charge on any atom is -0.493 e. The van der Waals surface area contributed by atoms with E-state index in [2.05, 4.69) is 9.97 Å². The van der Waals surface area contributed by atoms with Crippen LogP contribution in [0.3, 0.4) is 0 Å². The molecule has 1 aromatic heterocycles. The Balaban J connectivity index is 1.49. The number of benzene rings is 1. The monoisotopic (exact) mass is 347 g/mol. The summed E-state index contributed by atoms with van der Waals surface area (Å²) >= 11 is 0.